The predicted octanol–water partition coefficient (Wildman–Crippen LogP) is 5.54. The normalized spacial score (nSPS) is 14.7. The van der Waals surface area contributed by atoms with Gasteiger partial charge in [-0.05, 0) is 55.5 Å². The van der Waals surface area contributed by atoms with E-state index in [0.717, 1.165) is 42.4 Å². The number of aromatic hydroxyl groups is 1. The van der Waals surface area contributed by atoms with Crippen molar-refractivity contribution >= 4 is 56.5 Å². The zero-order valence-electron chi connectivity index (χ0n) is 15.4. The molecule has 0 bridgehead atoms. The Balaban J connectivity index is 1.77. The van der Waals surface area contributed by atoms with Crippen LogP contribution in [0.4, 0.5) is 11.4 Å². The summed E-state index contributed by atoms with van der Waals surface area (Å²) in [5.41, 5.74) is 3.74. The Hall–Kier alpha value is -2.64. The van der Waals surface area contributed by atoms with Crippen LogP contribution in [-0.4, -0.2) is 23.0 Å². The van der Waals surface area contributed by atoms with E-state index in [2.05, 4.69) is 20.9 Å². The maximum absolute atomic E-state index is 10.7. The van der Waals surface area contributed by atoms with Crippen LogP contribution in [0.3, 0.4) is 0 Å². The second-order valence-corrected chi connectivity index (χ2v) is 8.07. The van der Waals surface area contributed by atoms with Crippen molar-refractivity contribution in [3.05, 3.63) is 62.2 Å². The standard InChI is InChI=1S/C21H18BrN3O2S/c1-3-25-20(26)19(10-13-12-23-18-9-4-14(22)11-17(13)18)28-21(25)24-15-5-7-16(27-2)8-6-15/h4-12,26H,3H2,1-2H3. The zero-order chi connectivity index (χ0) is 19.7. The molecule has 0 saturated heterocycles. The smallest absolute Gasteiger partial charge is 0.211 e. The Bertz CT molecular complexity index is 1160. The largest absolute Gasteiger partial charge is 0.497 e. The lowest BCUT2D eigenvalue weighted by molar-refractivity contribution is 0.414. The quantitative estimate of drug-likeness (QED) is 0.561. The van der Waals surface area contributed by atoms with Gasteiger partial charge in [0, 0.05) is 28.4 Å². The Labute approximate surface area is 175 Å². The third-order valence-electron chi connectivity index (χ3n) is 4.42. The molecule has 142 valence electrons. The topological polar surface area (TPSA) is 59.1 Å². The summed E-state index contributed by atoms with van der Waals surface area (Å²) >= 11 is 4.96. The lowest BCUT2D eigenvalue weighted by atomic mass is 10.1. The van der Waals surface area contributed by atoms with Gasteiger partial charge in [-0.3, -0.25) is 9.56 Å². The van der Waals surface area contributed by atoms with Crippen molar-refractivity contribution in [2.75, 3.05) is 7.11 Å². The van der Waals surface area contributed by atoms with Gasteiger partial charge in [0.2, 0.25) is 5.88 Å². The number of thiazole rings is 1. The van der Waals surface area contributed by atoms with Gasteiger partial charge in [0.25, 0.3) is 0 Å². The fraction of sp³-hybridized carbons (Fsp3) is 0.143. The lowest BCUT2D eigenvalue weighted by Crippen LogP contribution is -2.12. The summed E-state index contributed by atoms with van der Waals surface area (Å²) in [6.45, 7) is 2.61. The monoisotopic (exact) mass is 455 g/mol. The number of hydrogen-bond donors (Lipinski definition) is 1. The van der Waals surface area contributed by atoms with Crippen molar-refractivity contribution < 1.29 is 9.84 Å². The van der Waals surface area contributed by atoms with Gasteiger partial charge in [-0.1, -0.05) is 27.3 Å². The first-order valence-electron chi connectivity index (χ1n) is 8.76. The van der Waals surface area contributed by atoms with Gasteiger partial charge in [0.1, 0.15) is 5.75 Å². The summed E-state index contributed by atoms with van der Waals surface area (Å²) in [5, 5.41) is 10.7. The Morgan fingerprint density at radius 2 is 2.04 bits per heavy atom. The number of aliphatic imine (C=N–C) groups is 1. The summed E-state index contributed by atoms with van der Waals surface area (Å²) < 4.78 is 7.99. The SMILES string of the molecule is CCn1c(O)c(C=C2C=Nc3ccc(Br)cc32)sc1=Nc1ccc(OC)cc1. The highest BCUT2D eigenvalue weighted by Gasteiger charge is 2.16. The van der Waals surface area contributed by atoms with E-state index in [0.29, 0.717) is 6.54 Å². The van der Waals surface area contributed by atoms with Crippen LogP contribution in [0.25, 0.3) is 11.6 Å². The number of fused-ring (bicyclic) bond motifs is 1. The molecule has 1 aromatic heterocycles. The molecule has 0 amide bonds. The summed E-state index contributed by atoms with van der Waals surface area (Å²) in [5.74, 6) is 0.997. The van der Waals surface area contributed by atoms with Gasteiger partial charge in [-0.15, -0.1) is 0 Å². The number of nitrogens with zero attached hydrogens (tertiary/aromatic N) is 3. The number of rotatable bonds is 4. The van der Waals surface area contributed by atoms with E-state index < -0.39 is 0 Å². The van der Waals surface area contributed by atoms with Crippen LogP contribution in [-0.2, 0) is 6.54 Å². The molecule has 1 aliphatic heterocycles. The first-order valence-corrected chi connectivity index (χ1v) is 10.4. The zero-order valence-corrected chi connectivity index (χ0v) is 17.8. The van der Waals surface area contributed by atoms with E-state index in [9.17, 15) is 5.11 Å². The van der Waals surface area contributed by atoms with E-state index in [1.807, 2.05) is 61.7 Å². The summed E-state index contributed by atoms with van der Waals surface area (Å²) in [7, 11) is 1.64. The molecular formula is C21H18BrN3O2S. The molecule has 2 aromatic carbocycles. The molecule has 0 saturated carbocycles. The number of hydrogen-bond acceptors (Lipinski definition) is 5. The minimum atomic E-state index is 0.212. The van der Waals surface area contributed by atoms with Crippen LogP contribution in [0.2, 0.25) is 0 Å². The molecule has 4 rings (SSSR count). The number of benzene rings is 2. The Morgan fingerprint density at radius 3 is 2.75 bits per heavy atom. The van der Waals surface area contributed by atoms with Crippen LogP contribution >= 0.6 is 27.3 Å². The van der Waals surface area contributed by atoms with E-state index in [-0.39, 0.29) is 5.88 Å². The van der Waals surface area contributed by atoms with Crippen LogP contribution in [0.1, 0.15) is 17.4 Å². The third-order valence-corrected chi connectivity index (χ3v) is 5.93. The number of aromatic nitrogens is 1. The van der Waals surface area contributed by atoms with Crippen molar-refractivity contribution in [1.29, 1.82) is 0 Å². The first-order chi connectivity index (χ1) is 13.6. The molecule has 2 heterocycles. The average molecular weight is 456 g/mol. The van der Waals surface area contributed by atoms with E-state index in [4.69, 9.17) is 9.73 Å². The highest BCUT2D eigenvalue weighted by Crippen LogP contribution is 2.36. The van der Waals surface area contributed by atoms with Crippen molar-refractivity contribution in [3.8, 4) is 11.6 Å². The number of methoxy groups -OCH3 is 1. The van der Waals surface area contributed by atoms with Crippen LogP contribution in [0, 0.1) is 0 Å². The number of ether oxygens (including phenoxy) is 1. The van der Waals surface area contributed by atoms with Gasteiger partial charge >= 0.3 is 0 Å². The van der Waals surface area contributed by atoms with E-state index in [1.54, 1.807) is 11.7 Å². The van der Waals surface area contributed by atoms with Crippen LogP contribution < -0.4 is 9.54 Å². The second kappa shape index (κ2) is 7.77. The molecule has 3 aromatic rings. The average Bonchev–Trinajstić information content (AvgIpc) is 3.23. The molecule has 0 radical (unpaired) electrons. The highest BCUT2D eigenvalue weighted by atomic mass is 79.9. The molecule has 0 atom stereocenters. The molecule has 28 heavy (non-hydrogen) atoms. The van der Waals surface area contributed by atoms with Crippen molar-refractivity contribution in [2.24, 2.45) is 9.98 Å². The van der Waals surface area contributed by atoms with Crippen molar-refractivity contribution in [3.63, 3.8) is 0 Å². The Morgan fingerprint density at radius 1 is 1.25 bits per heavy atom. The molecule has 1 aliphatic rings. The van der Waals surface area contributed by atoms with Gasteiger partial charge in [-0.2, -0.15) is 0 Å². The van der Waals surface area contributed by atoms with E-state index in [1.165, 1.54) is 11.3 Å². The molecule has 5 nitrogen and oxygen atoms in total. The first kappa shape index (κ1) is 18.7. The van der Waals surface area contributed by atoms with Gasteiger partial charge in [0.05, 0.1) is 23.4 Å². The van der Waals surface area contributed by atoms with E-state index >= 15 is 0 Å². The second-order valence-electron chi connectivity index (χ2n) is 6.15. The third kappa shape index (κ3) is 3.55. The van der Waals surface area contributed by atoms with Gasteiger partial charge in [0.15, 0.2) is 4.80 Å². The van der Waals surface area contributed by atoms with Crippen LogP contribution in [0.15, 0.2) is 56.9 Å². The number of allylic oxidation sites excluding steroid dienone is 1. The summed E-state index contributed by atoms with van der Waals surface area (Å²) in [6.07, 6.45) is 3.79. The number of halogens is 1. The van der Waals surface area contributed by atoms with Gasteiger partial charge in [-0.25, -0.2) is 4.99 Å². The molecule has 0 unspecified atom stereocenters. The van der Waals surface area contributed by atoms with Crippen molar-refractivity contribution in [2.45, 2.75) is 13.5 Å². The lowest BCUT2D eigenvalue weighted by Gasteiger charge is -2.02. The maximum atomic E-state index is 10.7. The fourth-order valence-electron chi connectivity index (χ4n) is 2.97. The van der Waals surface area contributed by atoms with Gasteiger partial charge < -0.3 is 9.84 Å². The minimum absolute atomic E-state index is 0.212. The molecular weight excluding hydrogens is 438 g/mol. The summed E-state index contributed by atoms with van der Waals surface area (Å²) in [4.78, 5) is 10.6. The molecule has 0 aliphatic carbocycles. The highest BCUT2D eigenvalue weighted by molar-refractivity contribution is 9.10. The Kier molecular flexibility index (Phi) is 5.19. The summed E-state index contributed by atoms with van der Waals surface area (Å²) in [6, 6.07) is 13.5. The van der Waals surface area contributed by atoms with Crippen molar-refractivity contribution in [1.82, 2.24) is 4.57 Å². The fourth-order valence-corrected chi connectivity index (χ4v) is 4.39. The van der Waals surface area contributed by atoms with Crippen LogP contribution in [0.5, 0.6) is 11.6 Å². The minimum Gasteiger partial charge on any atom is -0.497 e. The molecule has 0 fully saturated rings. The maximum Gasteiger partial charge on any atom is 0.211 e. The molecule has 1 N–H and O–H groups in total. The predicted molar refractivity (Wildman–Crippen MR) is 118 cm³/mol. The molecule has 7 heteroatoms. The molecule has 0 spiro atoms.